The van der Waals surface area contributed by atoms with E-state index in [9.17, 15) is 4.79 Å². The molecule has 4 bridgehead atoms. The Morgan fingerprint density at radius 3 is 2.26 bits per heavy atom. The second kappa shape index (κ2) is 13.2. The van der Waals surface area contributed by atoms with Gasteiger partial charge in [-0.3, -0.25) is 14.6 Å². The highest BCUT2D eigenvalue weighted by Crippen LogP contribution is 2.47. The van der Waals surface area contributed by atoms with E-state index in [1.165, 1.54) is 107 Å². The molecule has 3 aliphatic heterocycles. The van der Waals surface area contributed by atoms with Gasteiger partial charge in [0, 0.05) is 50.2 Å². The van der Waals surface area contributed by atoms with Gasteiger partial charge >= 0.3 is 0 Å². The van der Waals surface area contributed by atoms with Gasteiger partial charge < -0.3 is 9.47 Å². The molecule has 2 aliphatic carbocycles. The first-order chi connectivity index (χ1) is 21.1. The van der Waals surface area contributed by atoms with Crippen molar-refractivity contribution >= 4 is 16.9 Å². The minimum Gasteiger partial charge on any atom is -0.342 e. The van der Waals surface area contributed by atoms with Gasteiger partial charge in [-0.1, -0.05) is 44.2 Å². The zero-order chi connectivity index (χ0) is 29.3. The number of amides is 1. The quantitative estimate of drug-likeness (QED) is 0.331. The number of fused-ring (bicyclic) bond motifs is 5. The van der Waals surface area contributed by atoms with Gasteiger partial charge in [0.15, 0.2) is 0 Å². The van der Waals surface area contributed by atoms with Crippen molar-refractivity contribution in [1.82, 2.24) is 24.3 Å². The topological polar surface area (TPSA) is 44.6 Å². The summed E-state index contributed by atoms with van der Waals surface area (Å²) >= 11 is 0. The number of hydrogen-bond acceptors (Lipinski definition) is 4. The Morgan fingerprint density at radius 1 is 0.814 bits per heavy atom. The third-order valence-electron chi connectivity index (χ3n) is 12.4. The summed E-state index contributed by atoms with van der Waals surface area (Å²) in [5.74, 6) is 4.15. The number of para-hydroxylation sites is 2. The van der Waals surface area contributed by atoms with E-state index in [1.54, 1.807) is 0 Å². The molecule has 1 amide bonds. The first kappa shape index (κ1) is 29.8. The normalized spacial score (nSPS) is 33.8. The number of carbonyl (C=O) groups excluding carboxylic acids is 1. The second-order valence-electron chi connectivity index (χ2n) is 15.1. The van der Waals surface area contributed by atoms with Crippen LogP contribution in [-0.4, -0.2) is 81.0 Å². The highest BCUT2D eigenvalue weighted by atomic mass is 16.2. The zero-order valence-corrected chi connectivity index (χ0v) is 27.1. The van der Waals surface area contributed by atoms with Crippen molar-refractivity contribution in [2.24, 2.45) is 17.8 Å². The molecule has 0 spiro atoms. The average molecular weight is 588 g/mol. The number of likely N-dealkylation sites (N-methyl/N-ethyl adjacent to an activating group) is 1. The number of piperidine rings is 3. The minimum absolute atomic E-state index is 0.286. The maximum Gasteiger partial charge on any atom is 0.236 e. The SMILES string of the molecule is CCN(CC)C(=O)CN1CCCC(Cc2nc3ccccc3n2C2C[C@H]3CCC[C@@H](C2)N3C2C[C@H]3CCCC[C@@H](C2)C3)C1. The third-order valence-corrected chi connectivity index (χ3v) is 12.4. The molecule has 6 heteroatoms. The molecule has 236 valence electrons. The van der Waals surface area contributed by atoms with E-state index in [0.717, 1.165) is 62.6 Å². The fourth-order valence-corrected chi connectivity index (χ4v) is 10.5. The molecule has 6 nitrogen and oxygen atoms in total. The molecule has 7 atom stereocenters. The number of rotatable bonds is 8. The van der Waals surface area contributed by atoms with Gasteiger partial charge in [0.05, 0.1) is 17.6 Å². The molecule has 43 heavy (non-hydrogen) atoms. The summed E-state index contributed by atoms with van der Waals surface area (Å²) < 4.78 is 2.72. The Hall–Kier alpha value is -1.92. The molecule has 7 rings (SSSR count). The van der Waals surface area contributed by atoms with E-state index >= 15 is 0 Å². The monoisotopic (exact) mass is 587 g/mol. The predicted molar refractivity (Wildman–Crippen MR) is 175 cm³/mol. The van der Waals surface area contributed by atoms with E-state index in [4.69, 9.17) is 4.98 Å². The van der Waals surface area contributed by atoms with Gasteiger partial charge in [0.1, 0.15) is 5.82 Å². The van der Waals surface area contributed by atoms with Crippen LogP contribution < -0.4 is 0 Å². The number of benzene rings is 1. The van der Waals surface area contributed by atoms with Crippen molar-refractivity contribution in [3.63, 3.8) is 0 Å². The first-order valence-corrected chi connectivity index (χ1v) is 18.3. The van der Waals surface area contributed by atoms with Crippen LogP contribution in [0.1, 0.15) is 116 Å². The van der Waals surface area contributed by atoms with Crippen molar-refractivity contribution in [2.75, 3.05) is 32.7 Å². The summed E-state index contributed by atoms with van der Waals surface area (Å²) in [6, 6.07) is 11.8. The summed E-state index contributed by atoms with van der Waals surface area (Å²) in [5.41, 5.74) is 2.52. The summed E-state index contributed by atoms with van der Waals surface area (Å²) in [7, 11) is 0. The molecule has 1 aromatic heterocycles. The lowest BCUT2D eigenvalue weighted by atomic mass is 9.73. The largest absolute Gasteiger partial charge is 0.342 e. The summed E-state index contributed by atoms with van der Waals surface area (Å²) in [5, 5.41) is 0. The lowest BCUT2D eigenvalue weighted by molar-refractivity contribution is -0.132. The molecule has 2 saturated carbocycles. The summed E-state index contributed by atoms with van der Waals surface area (Å²) in [4.78, 5) is 25.7. The number of carbonyl (C=O) groups is 1. The molecule has 2 aromatic rings. The number of imidazole rings is 1. The lowest BCUT2D eigenvalue weighted by Crippen LogP contribution is -2.58. The second-order valence-corrected chi connectivity index (χ2v) is 15.1. The standard InChI is InChI=1S/C37H57N5O/c1-3-40(4-2)37(43)26-39-18-10-13-29(25-39)22-36-38-34-16-7-8-17-35(34)42(36)33-23-30-14-9-15-31(24-33)41(30)32-20-27-11-5-6-12-28(19-27)21-32/h7-8,16-17,27-33H,3-6,9-15,18-26H2,1-2H3/t27-,28+,29?,30-,31+,32?,33?. The van der Waals surface area contributed by atoms with Gasteiger partial charge in [-0.15, -0.1) is 0 Å². The first-order valence-electron chi connectivity index (χ1n) is 18.3. The fourth-order valence-electron chi connectivity index (χ4n) is 10.5. The molecular weight excluding hydrogens is 530 g/mol. The van der Waals surface area contributed by atoms with Crippen molar-refractivity contribution < 1.29 is 4.79 Å². The van der Waals surface area contributed by atoms with Crippen LogP contribution in [0.15, 0.2) is 24.3 Å². The van der Waals surface area contributed by atoms with Crippen LogP contribution in [0.4, 0.5) is 0 Å². The Morgan fingerprint density at radius 2 is 1.53 bits per heavy atom. The van der Waals surface area contributed by atoms with Gasteiger partial charge in [0.25, 0.3) is 0 Å². The fraction of sp³-hybridized carbons (Fsp3) is 0.784. The number of hydrogen-bond donors (Lipinski definition) is 0. The van der Waals surface area contributed by atoms with Crippen molar-refractivity contribution in [3.05, 3.63) is 30.1 Å². The molecular formula is C37H57N5O. The highest BCUT2D eigenvalue weighted by Gasteiger charge is 2.45. The maximum atomic E-state index is 12.9. The summed E-state index contributed by atoms with van der Waals surface area (Å²) in [6.07, 6.45) is 20.7. The Labute approximate surface area is 260 Å². The number of nitrogens with zero attached hydrogens (tertiary/aromatic N) is 5. The van der Waals surface area contributed by atoms with Crippen LogP contribution in [0.25, 0.3) is 11.0 Å². The van der Waals surface area contributed by atoms with Crippen molar-refractivity contribution in [2.45, 2.75) is 134 Å². The van der Waals surface area contributed by atoms with E-state index in [1.807, 2.05) is 4.90 Å². The van der Waals surface area contributed by atoms with Gasteiger partial charge in [-0.25, -0.2) is 4.98 Å². The molecule has 1 aromatic carbocycles. The molecule has 3 saturated heterocycles. The molecule has 5 fully saturated rings. The minimum atomic E-state index is 0.286. The average Bonchev–Trinajstić information content (AvgIpc) is 3.27. The van der Waals surface area contributed by atoms with Crippen molar-refractivity contribution in [3.8, 4) is 0 Å². The van der Waals surface area contributed by atoms with Crippen LogP contribution in [0.5, 0.6) is 0 Å². The van der Waals surface area contributed by atoms with Crippen molar-refractivity contribution in [1.29, 1.82) is 0 Å². The van der Waals surface area contributed by atoms with E-state index in [-0.39, 0.29) is 5.91 Å². The Bertz CT molecular complexity index is 1210. The van der Waals surface area contributed by atoms with Gasteiger partial charge in [-0.2, -0.15) is 0 Å². The predicted octanol–water partition coefficient (Wildman–Crippen LogP) is 7.08. The lowest BCUT2D eigenvalue weighted by Gasteiger charge is -2.54. The molecule has 0 radical (unpaired) electrons. The van der Waals surface area contributed by atoms with Gasteiger partial charge in [0.2, 0.25) is 5.91 Å². The number of aromatic nitrogens is 2. The third kappa shape index (κ3) is 6.30. The van der Waals surface area contributed by atoms with E-state index in [2.05, 4.69) is 52.5 Å². The Kier molecular flexibility index (Phi) is 9.14. The summed E-state index contributed by atoms with van der Waals surface area (Å²) in [6.45, 7) is 8.42. The van der Waals surface area contributed by atoms with Crippen LogP contribution in [0, 0.1) is 17.8 Å². The molecule has 0 N–H and O–H groups in total. The maximum absolute atomic E-state index is 12.9. The van der Waals surface area contributed by atoms with E-state index in [0.29, 0.717) is 18.5 Å². The highest BCUT2D eigenvalue weighted by molar-refractivity contribution is 5.78. The van der Waals surface area contributed by atoms with E-state index < -0.39 is 0 Å². The van der Waals surface area contributed by atoms with Crippen LogP contribution in [0.3, 0.4) is 0 Å². The van der Waals surface area contributed by atoms with Crippen LogP contribution in [-0.2, 0) is 11.2 Å². The van der Waals surface area contributed by atoms with Gasteiger partial charge in [-0.05, 0) is 108 Å². The molecule has 5 aliphatic rings. The number of likely N-dealkylation sites (tertiary alicyclic amines) is 1. The molecule has 4 heterocycles. The zero-order valence-electron chi connectivity index (χ0n) is 27.1. The Balaban J connectivity index is 1.09. The van der Waals surface area contributed by atoms with Crippen LogP contribution in [0.2, 0.25) is 0 Å². The molecule has 3 unspecified atom stereocenters. The van der Waals surface area contributed by atoms with Crippen LogP contribution >= 0.6 is 0 Å². The smallest absolute Gasteiger partial charge is 0.236 e.